The molecule has 1 saturated heterocycles. The molecule has 3 heteroatoms. The van der Waals surface area contributed by atoms with Gasteiger partial charge in [-0.1, -0.05) is 6.42 Å². The molecule has 3 nitrogen and oxygen atoms in total. The molecule has 0 bridgehead atoms. The molecule has 12 heavy (non-hydrogen) atoms. The summed E-state index contributed by atoms with van der Waals surface area (Å²) in [5, 5.41) is 3.18. The summed E-state index contributed by atoms with van der Waals surface area (Å²) in [6.45, 7) is 0.963. The molecule has 1 aliphatic heterocycles. The van der Waals surface area contributed by atoms with Crippen LogP contribution in [0.3, 0.4) is 0 Å². The van der Waals surface area contributed by atoms with Crippen molar-refractivity contribution in [3.8, 4) is 0 Å². The third kappa shape index (κ3) is 1.97. The second-order valence-electron chi connectivity index (χ2n) is 3.64. The molecule has 0 spiro atoms. The maximum Gasteiger partial charge on any atom is 0.323 e. The van der Waals surface area contributed by atoms with Gasteiger partial charge in [-0.2, -0.15) is 0 Å². The van der Waals surface area contributed by atoms with Crippen molar-refractivity contribution in [2.75, 3.05) is 6.54 Å². The van der Waals surface area contributed by atoms with Gasteiger partial charge >= 0.3 is 5.97 Å². The molecule has 0 unspecified atom stereocenters. The van der Waals surface area contributed by atoms with Gasteiger partial charge < -0.3 is 10.1 Å². The van der Waals surface area contributed by atoms with Gasteiger partial charge in [0, 0.05) is 0 Å². The molecule has 0 amide bonds. The van der Waals surface area contributed by atoms with Crippen molar-refractivity contribution < 1.29 is 9.53 Å². The van der Waals surface area contributed by atoms with Gasteiger partial charge in [-0.15, -0.1) is 0 Å². The molecule has 1 heterocycles. The standard InChI is InChI=1S/C9H15NO2/c11-9(12-7-4-5-7)8-3-1-2-6-10-8/h7-8,10H,1-6H2/t8-/m1/s1. The second-order valence-corrected chi connectivity index (χ2v) is 3.64. The van der Waals surface area contributed by atoms with Crippen LogP contribution in [0.5, 0.6) is 0 Å². The first-order valence-corrected chi connectivity index (χ1v) is 4.80. The van der Waals surface area contributed by atoms with Crippen LogP contribution in [0.25, 0.3) is 0 Å². The Labute approximate surface area is 72.5 Å². The summed E-state index contributed by atoms with van der Waals surface area (Å²) in [4.78, 5) is 11.4. The number of esters is 1. The van der Waals surface area contributed by atoms with E-state index in [1.54, 1.807) is 0 Å². The van der Waals surface area contributed by atoms with Crippen molar-refractivity contribution >= 4 is 5.97 Å². The minimum absolute atomic E-state index is 0.0145. The zero-order valence-corrected chi connectivity index (χ0v) is 7.21. The van der Waals surface area contributed by atoms with E-state index in [9.17, 15) is 4.79 Å². The van der Waals surface area contributed by atoms with E-state index in [2.05, 4.69) is 5.32 Å². The van der Waals surface area contributed by atoms with Crippen LogP contribution in [-0.2, 0) is 9.53 Å². The number of carbonyl (C=O) groups is 1. The minimum Gasteiger partial charge on any atom is -0.461 e. The number of piperidine rings is 1. The summed E-state index contributed by atoms with van der Waals surface area (Å²) in [6.07, 6.45) is 5.67. The van der Waals surface area contributed by atoms with E-state index in [0.717, 1.165) is 32.2 Å². The van der Waals surface area contributed by atoms with Gasteiger partial charge in [0.1, 0.15) is 12.1 Å². The highest BCUT2D eigenvalue weighted by molar-refractivity contribution is 5.76. The Bertz CT molecular complexity index is 171. The molecule has 1 N–H and O–H groups in total. The fourth-order valence-corrected chi connectivity index (χ4v) is 1.49. The molecule has 1 saturated carbocycles. The van der Waals surface area contributed by atoms with Crippen LogP contribution in [0.4, 0.5) is 0 Å². The summed E-state index contributed by atoms with van der Waals surface area (Å²) < 4.78 is 5.20. The molecular formula is C9H15NO2. The second kappa shape index (κ2) is 3.44. The molecule has 2 aliphatic rings. The third-order valence-corrected chi connectivity index (χ3v) is 2.40. The molecule has 0 aromatic carbocycles. The Morgan fingerprint density at radius 1 is 1.25 bits per heavy atom. The average molecular weight is 169 g/mol. The number of rotatable bonds is 2. The first kappa shape index (κ1) is 8.05. The van der Waals surface area contributed by atoms with Crippen LogP contribution in [0.15, 0.2) is 0 Å². The van der Waals surface area contributed by atoms with Crippen molar-refractivity contribution in [1.29, 1.82) is 0 Å². The normalized spacial score (nSPS) is 29.8. The van der Waals surface area contributed by atoms with Crippen molar-refractivity contribution in [1.82, 2.24) is 5.32 Å². The smallest absolute Gasteiger partial charge is 0.323 e. The molecule has 0 aromatic rings. The van der Waals surface area contributed by atoms with Crippen molar-refractivity contribution in [3.05, 3.63) is 0 Å². The summed E-state index contributed by atoms with van der Waals surface area (Å²) in [5.74, 6) is -0.0304. The lowest BCUT2D eigenvalue weighted by Gasteiger charge is -2.21. The number of hydrogen-bond acceptors (Lipinski definition) is 3. The lowest BCUT2D eigenvalue weighted by Crippen LogP contribution is -2.41. The van der Waals surface area contributed by atoms with Gasteiger partial charge in [-0.25, -0.2) is 0 Å². The van der Waals surface area contributed by atoms with Gasteiger partial charge in [0.2, 0.25) is 0 Å². The molecule has 68 valence electrons. The van der Waals surface area contributed by atoms with Crippen LogP contribution in [-0.4, -0.2) is 24.7 Å². The van der Waals surface area contributed by atoms with Gasteiger partial charge in [0.15, 0.2) is 0 Å². The Hall–Kier alpha value is -0.570. The minimum atomic E-state index is -0.0304. The highest BCUT2D eigenvalue weighted by Gasteiger charge is 2.30. The first-order chi connectivity index (χ1) is 5.86. The SMILES string of the molecule is O=C(OC1CC1)[C@H]1CCCCN1. The van der Waals surface area contributed by atoms with Gasteiger partial charge in [-0.3, -0.25) is 4.79 Å². The molecule has 1 atom stereocenters. The molecule has 0 aromatic heterocycles. The van der Waals surface area contributed by atoms with E-state index in [-0.39, 0.29) is 18.1 Å². The highest BCUT2D eigenvalue weighted by Crippen LogP contribution is 2.24. The largest absolute Gasteiger partial charge is 0.461 e. The van der Waals surface area contributed by atoms with Crippen LogP contribution >= 0.6 is 0 Å². The van der Waals surface area contributed by atoms with Crippen LogP contribution < -0.4 is 5.32 Å². The van der Waals surface area contributed by atoms with Gasteiger partial charge in [0.05, 0.1) is 0 Å². The quantitative estimate of drug-likeness (QED) is 0.622. The Balaban J connectivity index is 1.76. The van der Waals surface area contributed by atoms with Gasteiger partial charge in [-0.05, 0) is 32.2 Å². The van der Waals surface area contributed by atoms with Crippen molar-refractivity contribution in [2.24, 2.45) is 0 Å². The first-order valence-electron chi connectivity index (χ1n) is 4.80. The Morgan fingerprint density at radius 2 is 2.08 bits per heavy atom. The van der Waals surface area contributed by atoms with Crippen molar-refractivity contribution in [3.63, 3.8) is 0 Å². The van der Waals surface area contributed by atoms with E-state index in [1.165, 1.54) is 6.42 Å². The summed E-state index contributed by atoms with van der Waals surface area (Å²) in [7, 11) is 0. The Morgan fingerprint density at radius 3 is 2.67 bits per heavy atom. The van der Waals surface area contributed by atoms with Crippen LogP contribution in [0, 0.1) is 0 Å². The number of nitrogens with one attached hydrogen (secondary N) is 1. The fraction of sp³-hybridized carbons (Fsp3) is 0.889. The lowest BCUT2D eigenvalue weighted by atomic mass is 10.1. The number of ether oxygens (including phenoxy) is 1. The van der Waals surface area contributed by atoms with E-state index < -0.39 is 0 Å². The summed E-state index contributed by atoms with van der Waals surface area (Å²) in [6, 6.07) is -0.0145. The average Bonchev–Trinajstić information content (AvgIpc) is 2.90. The van der Waals surface area contributed by atoms with E-state index in [0.29, 0.717) is 0 Å². The zero-order valence-electron chi connectivity index (χ0n) is 7.21. The third-order valence-electron chi connectivity index (χ3n) is 2.40. The topological polar surface area (TPSA) is 38.3 Å². The zero-order chi connectivity index (χ0) is 8.39. The van der Waals surface area contributed by atoms with Gasteiger partial charge in [0.25, 0.3) is 0 Å². The maximum absolute atomic E-state index is 11.4. The number of hydrogen-bond donors (Lipinski definition) is 1. The highest BCUT2D eigenvalue weighted by atomic mass is 16.5. The monoisotopic (exact) mass is 169 g/mol. The van der Waals surface area contributed by atoms with Crippen LogP contribution in [0.2, 0.25) is 0 Å². The van der Waals surface area contributed by atoms with E-state index in [1.807, 2.05) is 0 Å². The predicted molar refractivity (Wildman–Crippen MR) is 44.8 cm³/mol. The van der Waals surface area contributed by atoms with Crippen LogP contribution in [0.1, 0.15) is 32.1 Å². The summed E-state index contributed by atoms with van der Waals surface area (Å²) in [5.41, 5.74) is 0. The Kier molecular flexibility index (Phi) is 2.30. The van der Waals surface area contributed by atoms with E-state index >= 15 is 0 Å². The number of carbonyl (C=O) groups excluding carboxylic acids is 1. The fourth-order valence-electron chi connectivity index (χ4n) is 1.49. The predicted octanol–water partition coefficient (Wildman–Crippen LogP) is 0.834. The molecule has 0 radical (unpaired) electrons. The van der Waals surface area contributed by atoms with E-state index in [4.69, 9.17) is 4.74 Å². The molecule has 2 rings (SSSR count). The summed E-state index contributed by atoms with van der Waals surface area (Å²) >= 11 is 0. The maximum atomic E-state index is 11.4. The van der Waals surface area contributed by atoms with Crippen molar-refractivity contribution in [2.45, 2.75) is 44.2 Å². The molecule has 1 aliphatic carbocycles. The molecule has 2 fully saturated rings. The lowest BCUT2D eigenvalue weighted by molar-refractivity contribution is -0.148. The molecular weight excluding hydrogens is 154 g/mol.